The molecular weight excluding hydrogens is 252 g/mol. The SMILES string of the molecule is Cc1ccc(C)c(C(=O)N2C[C@@H](CO)[C@H](N(C)C)C2)c1. The van der Waals surface area contributed by atoms with Crippen molar-refractivity contribution < 1.29 is 9.90 Å². The van der Waals surface area contributed by atoms with Crippen molar-refractivity contribution in [3.8, 4) is 0 Å². The van der Waals surface area contributed by atoms with E-state index >= 15 is 0 Å². The predicted octanol–water partition coefficient (Wildman–Crippen LogP) is 1.30. The van der Waals surface area contributed by atoms with E-state index in [2.05, 4.69) is 4.90 Å². The van der Waals surface area contributed by atoms with Crippen LogP contribution >= 0.6 is 0 Å². The summed E-state index contributed by atoms with van der Waals surface area (Å²) >= 11 is 0. The maximum Gasteiger partial charge on any atom is 0.254 e. The third kappa shape index (κ3) is 2.86. The van der Waals surface area contributed by atoms with Gasteiger partial charge < -0.3 is 14.9 Å². The number of amides is 1. The summed E-state index contributed by atoms with van der Waals surface area (Å²) in [5.41, 5.74) is 2.89. The minimum atomic E-state index is 0.0778. The summed E-state index contributed by atoms with van der Waals surface area (Å²) in [4.78, 5) is 16.6. The Kier molecular flexibility index (Phi) is 4.45. The summed E-state index contributed by atoms with van der Waals surface area (Å²) in [6.45, 7) is 5.41. The van der Waals surface area contributed by atoms with Crippen molar-refractivity contribution >= 4 is 5.91 Å². The number of aryl methyl sites for hydroxylation is 2. The van der Waals surface area contributed by atoms with Gasteiger partial charge in [-0.25, -0.2) is 0 Å². The molecule has 1 fully saturated rings. The number of benzene rings is 1. The minimum absolute atomic E-state index is 0.0778. The fourth-order valence-corrected chi connectivity index (χ4v) is 2.92. The van der Waals surface area contributed by atoms with E-state index < -0.39 is 0 Å². The molecule has 0 bridgehead atoms. The molecule has 0 aliphatic carbocycles. The van der Waals surface area contributed by atoms with Gasteiger partial charge in [-0.1, -0.05) is 17.7 Å². The molecule has 1 aromatic rings. The second-order valence-corrected chi connectivity index (χ2v) is 6.00. The molecule has 1 N–H and O–H groups in total. The number of hydrogen-bond acceptors (Lipinski definition) is 3. The standard InChI is InChI=1S/C16H24N2O2/c1-11-5-6-12(2)14(7-11)16(20)18-8-13(10-19)15(9-18)17(3)4/h5-7,13,15,19H,8-10H2,1-4H3/t13-,15+/m0/s1. The maximum absolute atomic E-state index is 12.7. The van der Waals surface area contributed by atoms with Crippen LogP contribution < -0.4 is 0 Å². The Bertz CT molecular complexity index is 499. The second-order valence-electron chi connectivity index (χ2n) is 6.00. The third-order valence-corrected chi connectivity index (χ3v) is 4.21. The molecule has 1 aliphatic heterocycles. The first-order chi connectivity index (χ1) is 9.43. The number of aliphatic hydroxyl groups is 1. The molecule has 1 amide bonds. The van der Waals surface area contributed by atoms with Crippen LogP contribution in [0.5, 0.6) is 0 Å². The van der Waals surface area contributed by atoms with Gasteiger partial charge in [0.15, 0.2) is 0 Å². The highest BCUT2D eigenvalue weighted by Gasteiger charge is 2.36. The van der Waals surface area contributed by atoms with Crippen molar-refractivity contribution in [3.05, 3.63) is 34.9 Å². The molecular formula is C16H24N2O2. The number of nitrogens with zero attached hydrogens (tertiary/aromatic N) is 2. The van der Waals surface area contributed by atoms with Gasteiger partial charge in [0.05, 0.1) is 0 Å². The molecule has 110 valence electrons. The van der Waals surface area contributed by atoms with Crippen molar-refractivity contribution in [1.29, 1.82) is 0 Å². The number of rotatable bonds is 3. The fourth-order valence-electron chi connectivity index (χ4n) is 2.92. The average molecular weight is 276 g/mol. The summed E-state index contributed by atoms with van der Waals surface area (Å²) in [5, 5.41) is 9.49. The van der Waals surface area contributed by atoms with E-state index in [1.165, 1.54) is 0 Å². The molecule has 2 rings (SSSR count). The Morgan fingerprint density at radius 3 is 2.60 bits per heavy atom. The maximum atomic E-state index is 12.7. The summed E-state index contributed by atoms with van der Waals surface area (Å²) in [7, 11) is 4.00. The molecule has 4 heteroatoms. The van der Waals surface area contributed by atoms with Crippen LogP contribution in [-0.2, 0) is 0 Å². The van der Waals surface area contributed by atoms with Gasteiger partial charge in [-0.05, 0) is 39.6 Å². The lowest BCUT2D eigenvalue weighted by Gasteiger charge is -2.23. The molecule has 0 radical (unpaired) electrons. The highest BCUT2D eigenvalue weighted by atomic mass is 16.3. The van der Waals surface area contributed by atoms with E-state index in [0.717, 1.165) is 16.7 Å². The quantitative estimate of drug-likeness (QED) is 0.905. The van der Waals surface area contributed by atoms with Crippen LogP contribution in [0.2, 0.25) is 0 Å². The van der Waals surface area contributed by atoms with E-state index in [1.54, 1.807) is 0 Å². The largest absolute Gasteiger partial charge is 0.396 e. The summed E-state index contributed by atoms with van der Waals surface area (Å²) in [5.74, 6) is 0.216. The van der Waals surface area contributed by atoms with Crippen LogP contribution in [0.15, 0.2) is 18.2 Å². The Hall–Kier alpha value is -1.39. The smallest absolute Gasteiger partial charge is 0.254 e. The van der Waals surface area contributed by atoms with Crippen LogP contribution in [0.25, 0.3) is 0 Å². The highest BCUT2D eigenvalue weighted by Crippen LogP contribution is 2.23. The molecule has 1 saturated heterocycles. The molecule has 20 heavy (non-hydrogen) atoms. The Morgan fingerprint density at radius 1 is 1.35 bits per heavy atom. The van der Waals surface area contributed by atoms with E-state index in [-0.39, 0.29) is 24.5 Å². The molecule has 1 heterocycles. The second kappa shape index (κ2) is 5.94. The number of carbonyl (C=O) groups is 1. The van der Waals surface area contributed by atoms with E-state index in [9.17, 15) is 9.90 Å². The lowest BCUT2D eigenvalue weighted by molar-refractivity contribution is 0.0778. The Morgan fingerprint density at radius 2 is 2.05 bits per heavy atom. The van der Waals surface area contributed by atoms with Gasteiger partial charge >= 0.3 is 0 Å². The zero-order valence-corrected chi connectivity index (χ0v) is 12.8. The van der Waals surface area contributed by atoms with Crippen molar-refractivity contribution in [3.63, 3.8) is 0 Å². The van der Waals surface area contributed by atoms with Crippen molar-refractivity contribution in [2.75, 3.05) is 33.8 Å². The van der Waals surface area contributed by atoms with Crippen LogP contribution in [-0.4, -0.2) is 60.6 Å². The molecule has 1 aromatic carbocycles. The predicted molar refractivity (Wildman–Crippen MR) is 79.9 cm³/mol. The summed E-state index contributed by atoms with van der Waals surface area (Å²) in [6.07, 6.45) is 0. The number of aliphatic hydroxyl groups excluding tert-OH is 1. The lowest BCUT2D eigenvalue weighted by atomic mass is 10.0. The van der Waals surface area contributed by atoms with Gasteiger partial charge in [-0.3, -0.25) is 4.79 Å². The van der Waals surface area contributed by atoms with E-state index in [0.29, 0.717) is 13.1 Å². The van der Waals surface area contributed by atoms with Crippen LogP contribution in [0.3, 0.4) is 0 Å². The molecule has 0 aromatic heterocycles. The Balaban J connectivity index is 2.20. The van der Waals surface area contributed by atoms with Crippen LogP contribution in [0.4, 0.5) is 0 Å². The highest BCUT2D eigenvalue weighted by molar-refractivity contribution is 5.96. The number of hydrogen-bond donors (Lipinski definition) is 1. The Labute approximate surface area is 121 Å². The number of likely N-dealkylation sites (N-methyl/N-ethyl adjacent to an activating group) is 1. The summed E-state index contributed by atoms with van der Waals surface area (Å²) in [6, 6.07) is 6.20. The van der Waals surface area contributed by atoms with Gasteiger partial charge in [0.1, 0.15) is 0 Å². The number of carbonyl (C=O) groups excluding carboxylic acids is 1. The first kappa shape index (κ1) is 15.0. The molecule has 4 nitrogen and oxygen atoms in total. The first-order valence-corrected chi connectivity index (χ1v) is 7.08. The minimum Gasteiger partial charge on any atom is -0.396 e. The molecule has 1 aliphatic rings. The monoisotopic (exact) mass is 276 g/mol. The zero-order chi connectivity index (χ0) is 14.9. The van der Waals surface area contributed by atoms with Crippen molar-refractivity contribution in [1.82, 2.24) is 9.80 Å². The molecule has 0 saturated carbocycles. The zero-order valence-electron chi connectivity index (χ0n) is 12.8. The molecule has 2 atom stereocenters. The first-order valence-electron chi connectivity index (χ1n) is 7.08. The average Bonchev–Trinajstić information content (AvgIpc) is 2.85. The number of likely N-dealkylation sites (tertiary alicyclic amines) is 1. The summed E-state index contributed by atoms with van der Waals surface area (Å²) < 4.78 is 0. The van der Waals surface area contributed by atoms with E-state index in [4.69, 9.17) is 0 Å². The van der Waals surface area contributed by atoms with Crippen LogP contribution in [0.1, 0.15) is 21.5 Å². The lowest BCUT2D eigenvalue weighted by Crippen LogP contribution is -2.37. The van der Waals surface area contributed by atoms with Gasteiger partial charge in [0, 0.05) is 37.2 Å². The van der Waals surface area contributed by atoms with E-state index in [1.807, 2.05) is 51.0 Å². The third-order valence-electron chi connectivity index (χ3n) is 4.21. The van der Waals surface area contributed by atoms with Crippen LogP contribution in [0, 0.1) is 19.8 Å². The van der Waals surface area contributed by atoms with Crippen molar-refractivity contribution in [2.24, 2.45) is 5.92 Å². The topological polar surface area (TPSA) is 43.8 Å². The fraction of sp³-hybridized carbons (Fsp3) is 0.562. The van der Waals surface area contributed by atoms with Gasteiger partial charge in [0.2, 0.25) is 0 Å². The molecule has 0 spiro atoms. The van der Waals surface area contributed by atoms with Gasteiger partial charge in [-0.15, -0.1) is 0 Å². The van der Waals surface area contributed by atoms with Gasteiger partial charge in [0.25, 0.3) is 5.91 Å². The van der Waals surface area contributed by atoms with Crippen molar-refractivity contribution in [2.45, 2.75) is 19.9 Å². The normalized spacial score (nSPS) is 22.6. The van der Waals surface area contributed by atoms with Gasteiger partial charge in [-0.2, -0.15) is 0 Å². The molecule has 0 unspecified atom stereocenters.